The molecule has 2 rings (SSSR count). The van der Waals surface area contributed by atoms with Crippen molar-refractivity contribution in [3.8, 4) is 0 Å². The van der Waals surface area contributed by atoms with Crippen molar-refractivity contribution in [2.45, 2.75) is 6.18 Å². The number of alkyl halides is 3. The molecule has 0 radical (unpaired) electrons. The molecule has 0 spiro atoms. The topological polar surface area (TPSA) is 73.8 Å². The Hall–Kier alpha value is -3.36. The lowest BCUT2D eigenvalue weighted by molar-refractivity contribution is -0.137. The van der Waals surface area contributed by atoms with Crippen molar-refractivity contribution in [2.75, 3.05) is 24.3 Å². The Morgan fingerprint density at radius 3 is 2.30 bits per heavy atom. The first-order valence-corrected chi connectivity index (χ1v) is 7.76. The molecule has 0 bridgehead atoms. The van der Waals surface area contributed by atoms with Crippen LogP contribution in [0, 0.1) is 0 Å². The van der Waals surface area contributed by atoms with E-state index < -0.39 is 23.6 Å². The van der Waals surface area contributed by atoms with Crippen LogP contribution in [0.5, 0.6) is 0 Å². The van der Waals surface area contributed by atoms with E-state index in [1.165, 1.54) is 12.3 Å². The van der Waals surface area contributed by atoms with Crippen molar-refractivity contribution in [1.82, 2.24) is 5.43 Å². The Morgan fingerprint density at radius 2 is 1.70 bits per heavy atom. The fourth-order valence-electron chi connectivity index (χ4n) is 2.04. The molecule has 0 fully saturated rings. The van der Waals surface area contributed by atoms with Gasteiger partial charge in [0.15, 0.2) is 0 Å². The second kappa shape index (κ2) is 8.35. The van der Waals surface area contributed by atoms with Gasteiger partial charge >= 0.3 is 18.0 Å². The number of halogens is 3. The number of hydrazone groups is 1. The van der Waals surface area contributed by atoms with Crippen LogP contribution in [0.2, 0.25) is 0 Å². The summed E-state index contributed by atoms with van der Waals surface area (Å²) < 4.78 is 37.9. The first kappa shape index (κ1) is 20.0. The van der Waals surface area contributed by atoms with Gasteiger partial charge in [0.2, 0.25) is 0 Å². The summed E-state index contributed by atoms with van der Waals surface area (Å²) in [6, 6.07) is 11.2. The van der Waals surface area contributed by atoms with E-state index >= 15 is 0 Å². The smallest absolute Gasteiger partial charge is 0.378 e. The predicted molar refractivity (Wildman–Crippen MR) is 96.6 cm³/mol. The Labute approximate surface area is 153 Å². The Balaban J connectivity index is 1.93. The molecular formula is C18H17F3N4O2. The van der Waals surface area contributed by atoms with Crippen molar-refractivity contribution in [3.05, 3.63) is 59.7 Å². The van der Waals surface area contributed by atoms with E-state index in [4.69, 9.17) is 0 Å². The Morgan fingerprint density at radius 1 is 1.04 bits per heavy atom. The maximum atomic E-state index is 12.6. The first-order chi connectivity index (χ1) is 12.7. The summed E-state index contributed by atoms with van der Waals surface area (Å²) in [5, 5.41) is 5.75. The van der Waals surface area contributed by atoms with Gasteiger partial charge in [-0.05, 0) is 35.9 Å². The highest BCUT2D eigenvalue weighted by atomic mass is 19.4. The average molecular weight is 378 g/mol. The summed E-state index contributed by atoms with van der Waals surface area (Å²) in [4.78, 5) is 25.4. The number of hydrogen-bond acceptors (Lipinski definition) is 4. The van der Waals surface area contributed by atoms with Crippen molar-refractivity contribution >= 4 is 29.4 Å². The van der Waals surface area contributed by atoms with Crippen molar-refractivity contribution in [1.29, 1.82) is 0 Å². The normalized spacial score (nSPS) is 11.3. The number of benzene rings is 2. The van der Waals surface area contributed by atoms with Crippen LogP contribution in [0.3, 0.4) is 0 Å². The lowest BCUT2D eigenvalue weighted by Crippen LogP contribution is -2.32. The zero-order valence-electron chi connectivity index (χ0n) is 14.5. The predicted octanol–water partition coefficient (Wildman–Crippen LogP) is 2.86. The fourth-order valence-corrected chi connectivity index (χ4v) is 2.04. The number of nitrogens with one attached hydrogen (secondary N) is 2. The van der Waals surface area contributed by atoms with Gasteiger partial charge in [-0.15, -0.1) is 0 Å². The summed E-state index contributed by atoms with van der Waals surface area (Å²) >= 11 is 0. The number of rotatable bonds is 4. The van der Waals surface area contributed by atoms with Crippen LogP contribution in [0.1, 0.15) is 11.1 Å². The number of amides is 2. The Bertz CT molecular complexity index is 846. The van der Waals surface area contributed by atoms with Gasteiger partial charge in [-0.2, -0.15) is 18.3 Å². The highest BCUT2D eigenvalue weighted by Crippen LogP contribution is 2.30. The second-order valence-corrected chi connectivity index (χ2v) is 5.72. The molecule has 0 aliphatic rings. The molecule has 2 aromatic rings. The lowest BCUT2D eigenvalue weighted by Gasteiger charge is -2.11. The molecule has 142 valence electrons. The third-order valence-electron chi connectivity index (χ3n) is 3.44. The van der Waals surface area contributed by atoms with Gasteiger partial charge < -0.3 is 10.2 Å². The number of anilines is 2. The van der Waals surface area contributed by atoms with Crippen LogP contribution < -0.4 is 15.6 Å². The molecule has 2 aromatic carbocycles. The van der Waals surface area contributed by atoms with Gasteiger partial charge in [0.25, 0.3) is 0 Å². The highest BCUT2D eigenvalue weighted by Gasteiger charge is 2.30. The summed E-state index contributed by atoms with van der Waals surface area (Å²) in [6.45, 7) is 0. The SMILES string of the molecule is CN(C)c1ccc(/C=N\NC(=O)C(=O)Nc2cccc(C(F)(F)F)c2)cc1. The number of carbonyl (C=O) groups excluding carboxylic acids is 2. The van der Waals surface area contributed by atoms with Gasteiger partial charge in [-0.1, -0.05) is 18.2 Å². The van der Waals surface area contributed by atoms with E-state index in [-0.39, 0.29) is 5.69 Å². The maximum absolute atomic E-state index is 12.6. The molecule has 2 amide bonds. The van der Waals surface area contributed by atoms with Crippen molar-refractivity contribution in [2.24, 2.45) is 5.10 Å². The lowest BCUT2D eigenvalue weighted by atomic mass is 10.2. The zero-order valence-corrected chi connectivity index (χ0v) is 14.5. The van der Waals surface area contributed by atoms with Crippen LogP contribution in [0.25, 0.3) is 0 Å². The highest BCUT2D eigenvalue weighted by molar-refractivity contribution is 6.39. The van der Waals surface area contributed by atoms with E-state index in [9.17, 15) is 22.8 Å². The third kappa shape index (κ3) is 5.84. The summed E-state index contributed by atoms with van der Waals surface area (Å²) in [6.07, 6.45) is -3.20. The maximum Gasteiger partial charge on any atom is 0.416 e. The summed E-state index contributed by atoms with van der Waals surface area (Å²) in [7, 11) is 3.79. The summed E-state index contributed by atoms with van der Waals surface area (Å²) in [5.41, 5.74) is 2.62. The van der Waals surface area contributed by atoms with Crippen molar-refractivity contribution < 1.29 is 22.8 Å². The molecule has 0 saturated heterocycles. The monoisotopic (exact) mass is 378 g/mol. The van der Waals surface area contributed by atoms with E-state index in [2.05, 4.69) is 10.4 Å². The number of hydrogen-bond donors (Lipinski definition) is 2. The minimum atomic E-state index is -4.55. The number of nitrogens with zero attached hydrogens (tertiary/aromatic N) is 2. The van der Waals surface area contributed by atoms with Gasteiger partial charge in [0.1, 0.15) is 0 Å². The Kier molecular flexibility index (Phi) is 6.17. The van der Waals surface area contributed by atoms with Gasteiger partial charge in [0.05, 0.1) is 11.8 Å². The molecule has 27 heavy (non-hydrogen) atoms. The molecular weight excluding hydrogens is 361 g/mol. The van der Waals surface area contributed by atoms with Crippen LogP contribution in [-0.4, -0.2) is 32.1 Å². The van der Waals surface area contributed by atoms with Gasteiger partial charge in [0, 0.05) is 25.5 Å². The quantitative estimate of drug-likeness (QED) is 0.488. The third-order valence-corrected chi connectivity index (χ3v) is 3.44. The number of carbonyl (C=O) groups is 2. The zero-order chi connectivity index (χ0) is 20.0. The fraction of sp³-hybridized carbons (Fsp3) is 0.167. The molecule has 0 atom stereocenters. The standard InChI is InChI=1S/C18H17F3N4O2/c1-25(2)15-8-6-12(7-9-15)11-22-24-17(27)16(26)23-14-5-3-4-13(10-14)18(19,20)21/h3-11H,1-2H3,(H,23,26)(H,24,27)/b22-11-. The van der Waals surface area contributed by atoms with Crippen LogP contribution >= 0.6 is 0 Å². The first-order valence-electron chi connectivity index (χ1n) is 7.76. The van der Waals surface area contributed by atoms with E-state index in [1.807, 2.05) is 36.6 Å². The molecule has 0 unspecified atom stereocenters. The molecule has 9 heteroatoms. The molecule has 0 saturated carbocycles. The minimum absolute atomic E-state index is 0.145. The van der Waals surface area contributed by atoms with E-state index in [0.29, 0.717) is 5.56 Å². The van der Waals surface area contributed by atoms with Crippen molar-refractivity contribution in [3.63, 3.8) is 0 Å². The average Bonchev–Trinajstić information content (AvgIpc) is 2.61. The van der Waals surface area contributed by atoms with Gasteiger partial charge in [-0.25, -0.2) is 5.43 Å². The minimum Gasteiger partial charge on any atom is -0.378 e. The van der Waals surface area contributed by atoms with E-state index in [1.54, 1.807) is 12.1 Å². The second-order valence-electron chi connectivity index (χ2n) is 5.72. The van der Waals surface area contributed by atoms with Crippen LogP contribution in [-0.2, 0) is 15.8 Å². The molecule has 2 N–H and O–H groups in total. The van der Waals surface area contributed by atoms with Gasteiger partial charge in [-0.3, -0.25) is 9.59 Å². The van der Waals surface area contributed by atoms with E-state index in [0.717, 1.165) is 23.9 Å². The van der Waals surface area contributed by atoms with Crippen LogP contribution in [0.15, 0.2) is 53.6 Å². The molecule has 0 aliphatic heterocycles. The molecule has 0 aliphatic carbocycles. The largest absolute Gasteiger partial charge is 0.416 e. The molecule has 0 aromatic heterocycles. The summed E-state index contributed by atoms with van der Waals surface area (Å²) in [5.74, 6) is -2.23. The molecule has 6 nitrogen and oxygen atoms in total. The molecule has 0 heterocycles. The van der Waals surface area contributed by atoms with Crippen LogP contribution in [0.4, 0.5) is 24.5 Å².